The third-order valence-corrected chi connectivity index (χ3v) is 6.26. The second-order valence-electron chi connectivity index (χ2n) is 6.14. The third-order valence-electron chi connectivity index (χ3n) is 4.62. The van der Waals surface area contributed by atoms with E-state index in [0.717, 1.165) is 34.9 Å². The molecule has 1 aliphatic rings. The fourth-order valence-electron chi connectivity index (χ4n) is 3.17. The number of benzene rings is 2. The van der Waals surface area contributed by atoms with Crippen molar-refractivity contribution < 1.29 is 4.74 Å². The van der Waals surface area contributed by atoms with Gasteiger partial charge in [0, 0.05) is 16.1 Å². The highest BCUT2D eigenvalue weighted by Crippen LogP contribution is 2.58. The number of hydrogen-bond acceptors (Lipinski definition) is 4. The molecule has 1 saturated carbocycles. The number of halogens is 2. The zero-order chi connectivity index (χ0) is 17.6. The summed E-state index contributed by atoms with van der Waals surface area (Å²) < 4.78 is 5.56. The Labute approximate surface area is 160 Å². The number of methoxy groups -OCH3 is 1. The minimum Gasteiger partial charge on any atom is -0.496 e. The molecular weight excluding hydrogens is 375 g/mol. The molecule has 2 aromatic carbocycles. The van der Waals surface area contributed by atoms with Crippen molar-refractivity contribution >= 4 is 39.5 Å². The summed E-state index contributed by atoms with van der Waals surface area (Å²) in [5, 5.41) is 2.82. The minimum atomic E-state index is -0.109. The van der Waals surface area contributed by atoms with Crippen molar-refractivity contribution in [1.29, 1.82) is 0 Å². The lowest BCUT2D eigenvalue weighted by Gasteiger charge is -2.16. The van der Waals surface area contributed by atoms with Gasteiger partial charge in [0.25, 0.3) is 0 Å². The van der Waals surface area contributed by atoms with Crippen LogP contribution in [0, 0.1) is 0 Å². The largest absolute Gasteiger partial charge is 0.496 e. The van der Waals surface area contributed by atoms with Crippen LogP contribution in [0.4, 0.5) is 5.00 Å². The lowest BCUT2D eigenvalue weighted by atomic mass is 9.95. The van der Waals surface area contributed by atoms with Crippen LogP contribution in [0.25, 0.3) is 11.3 Å². The van der Waals surface area contributed by atoms with Crippen LogP contribution in [-0.2, 0) is 5.41 Å². The number of rotatable bonds is 4. The van der Waals surface area contributed by atoms with Crippen LogP contribution in [0.1, 0.15) is 23.4 Å². The van der Waals surface area contributed by atoms with E-state index < -0.39 is 0 Å². The second-order valence-corrected chi connectivity index (χ2v) is 8.01. The number of para-hydroxylation sites is 1. The Hall–Kier alpha value is -1.75. The van der Waals surface area contributed by atoms with E-state index in [-0.39, 0.29) is 5.41 Å². The number of thiazole rings is 1. The summed E-state index contributed by atoms with van der Waals surface area (Å²) in [5.41, 5.74) is 8.88. The highest BCUT2D eigenvalue weighted by molar-refractivity contribution is 7.16. The SMILES string of the molecule is COc1ccccc1C1(c2nc(-c3ccc(Cl)cc3Cl)c(N)s2)CC1. The van der Waals surface area contributed by atoms with E-state index in [0.29, 0.717) is 15.0 Å². The molecule has 3 nitrogen and oxygen atoms in total. The molecule has 6 heteroatoms. The van der Waals surface area contributed by atoms with Gasteiger partial charge >= 0.3 is 0 Å². The Bertz CT molecular complexity index is 950. The maximum Gasteiger partial charge on any atom is 0.123 e. The van der Waals surface area contributed by atoms with E-state index in [4.69, 9.17) is 38.7 Å². The first kappa shape index (κ1) is 16.7. The fraction of sp³-hybridized carbons (Fsp3) is 0.211. The number of hydrogen-bond donors (Lipinski definition) is 1. The first-order chi connectivity index (χ1) is 12.0. The Morgan fingerprint density at radius 2 is 1.92 bits per heavy atom. The van der Waals surface area contributed by atoms with Gasteiger partial charge in [0.2, 0.25) is 0 Å². The van der Waals surface area contributed by atoms with E-state index in [1.807, 2.05) is 24.3 Å². The molecule has 128 valence electrons. The van der Waals surface area contributed by atoms with Gasteiger partial charge in [-0.15, -0.1) is 11.3 Å². The zero-order valence-corrected chi connectivity index (χ0v) is 15.9. The zero-order valence-electron chi connectivity index (χ0n) is 13.6. The number of nitrogens with zero attached hydrogens (tertiary/aromatic N) is 1. The molecule has 1 fully saturated rings. The van der Waals surface area contributed by atoms with Gasteiger partial charge in [0.15, 0.2) is 0 Å². The molecule has 0 amide bonds. The van der Waals surface area contributed by atoms with Crippen molar-refractivity contribution in [3.8, 4) is 17.0 Å². The normalized spacial score (nSPS) is 15.2. The fourth-order valence-corrected chi connectivity index (χ4v) is 4.78. The van der Waals surface area contributed by atoms with E-state index in [1.165, 1.54) is 16.9 Å². The summed E-state index contributed by atoms with van der Waals surface area (Å²) >= 11 is 13.9. The van der Waals surface area contributed by atoms with Crippen LogP contribution in [0.3, 0.4) is 0 Å². The molecule has 0 aliphatic heterocycles. The van der Waals surface area contributed by atoms with Crippen molar-refractivity contribution in [2.75, 3.05) is 12.8 Å². The van der Waals surface area contributed by atoms with Gasteiger partial charge in [0.1, 0.15) is 21.5 Å². The van der Waals surface area contributed by atoms with Gasteiger partial charge in [-0.3, -0.25) is 0 Å². The second kappa shape index (κ2) is 6.20. The maximum atomic E-state index is 6.34. The van der Waals surface area contributed by atoms with Crippen LogP contribution in [0.5, 0.6) is 5.75 Å². The van der Waals surface area contributed by atoms with E-state index in [9.17, 15) is 0 Å². The van der Waals surface area contributed by atoms with Crippen molar-refractivity contribution in [3.05, 3.63) is 63.1 Å². The number of ether oxygens (including phenoxy) is 1. The molecule has 0 bridgehead atoms. The highest BCUT2D eigenvalue weighted by Gasteiger charge is 2.50. The van der Waals surface area contributed by atoms with Crippen LogP contribution >= 0.6 is 34.5 Å². The van der Waals surface area contributed by atoms with Crippen molar-refractivity contribution in [2.45, 2.75) is 18.3 Å². The lowest BCUT2D eigenvalue weighted by Crippen LogP contribution is -2.10. The molecule has 1 heterocycles. The van der Waals surface area contributed by atoms with Gasteiger partial charge in [-0.25, -0.2) is 4.98 Å². The van der Waals surface area contributed by atoms with Crippen LogP contribution < -0.4 is 10.5 Å². The summed E-state index contributed by atoms with van der Waals surface area (Å²) in [7, 11) is 1.70. The highest BCUT2D eigenvalue weighted by atomic mass is 35.5. The van der Waals surface area contributed by atoms with Gasteiger partial charge in [-0.2, -0.15) is 0 Å². The van der Waals surface area contributed by atoms with Crippen LogP contribution in [0.2, 0.25) is 10.0 Å². The van der Waals surface area contributed by atoms with Crippen molar-refractivity contribution in [2.24, 2.45) is 0 Å². The molecule has 1 aliphatic carbocycles. The number of anilines is 1. The minimum absolute atomic E-state index is 0.109. The Kier molecular flexibility index (Phi) is 4.14. The Morgan fingerprint density at radius 1 is 1.16 bits per heavy atom. The number of nitrogens with two attached hydrogens (primary N) is 1. The number of aromatic nitrogens is 1. The van der Waals surface area contributed by atoms with Gasteiger partial charge < -0.3 is 10.5 Å². The molecule has 0 atom stereocenters. The van der Waals surface area contributed by atoms with Gasteiger partial charge in [-0.05, 0) is 37.1 Å². The molecule has 0 spiro atoms. The van der Waals surface area contributed by atoms with Gasteiger partial charge in [-0.1, -0.05) is 41.4 Å². The summed E-state index contributed by atoms with van der Waals surface area (Å²) in [6.07, 6.45) is 2.07. The molecular formula is C19H16Cl2N2OS. The molecule has 0 radical (unpaired) electrons. The summed E-state index contributed by atoms with van der Waals surface area (Å²) in [5.74, 6) is 0.889. The van der Waals surface area contributed by atoms with Crippen LogP contribution in [-0.4, -0.2) is 12.1 Å². The van der Waals surface area contributed by atoms with Crippen molar-refractivity contribution in [3.63, 3.8) is 0 Å². The van der Waals surface area contributed by atoms with Gasteiger partial charge in [0.05, 0.1) is 17.5 Å². The Balaban J connectivity index is 1.80. The lowest BCUT2D eigenvalue weighted by molar-refractivity contribution is 0.406. The van der Waals surface area contributed by atoms with Crippen molar-refractivity contribution in [1.82, 2.24) is 4.98 Å². The standard InChI is InChI=1S/C19H16Cl2N2OS/c1-24-15-5-3-2-4-13(15)19(8-9-19)18-23-16(17(22)25-18)12-7-6-11(20)10-14(12)21/h2-7,10H,8-9,22H2,1H3. The molecule has 4 rings (SSSR count). The molecule has 2 N–H and O–H groups in total. The predicted octanol–water partition coefficient (Wildman–Crippen LogP) is 5.79. The summed E-state index contributed by atoms with van der Waals surface area (Å²) in [4.78, 5) is 4.87. The van der Waals surface area contributed by atoms with E-state index >= 15 is 0 Å². The monoisotopic (exact) mass is 390 g/mol. The topological polar surface area (TPSA) is 48.1 Å². The molecule has 0 saturated heterocycles. The average molecular weight is 391 g/mol. The first-order valence-electron chi connectivity index (χ1n) is 7.91. The molecule has 0 unspecified atom stereocenters. The first-order valence-corrected chi connectivity index (χ1v) is 9.48. The van der Waals surface area contributed by atoms with E-state index in [2.05, 4.69) is 6.07 Å². The quantitative estimate of drug-likeness (QED) is 0.613. The summed E-state index contributed by atoms with van der Waals surface area (Å²) in [6, 6.07) is 13.5. The summed E-state index contributed by atoms with van der Waals surface area (Å²) in [6.45, 7) is 0. The Morgan fingerprint density at radius 3 is 2.60 bits per heavy atom. The average Bonchev–Trinajstić information content (AvgIpc) is 3.32. The maximum absolute atomic E-state index is 6.34. The molecule has 3 aromatic rings. The third kappa shape index (κ3) is 2.78. The predicted molar refractivity (Wildman–Crippen MR) is 105 cm³/mol. The smallest absolute Gasteiger partial charge is 0.123 e. The van der Waals surface area contributed by atoms with E-state index in [1.54, 1.807) is 19.2 Å². The molecule has 1 aromatic heterocycles. The molecule has 25 heavy (non-hydrogen) atoms. The van der Waals surface area contributed by atoms with Crippen LogP contribution in [0.15, 0.2) is 42.5 Å². The number of nitrogen functional groups attached to an aromatic ring is 1.